The number of halogens is 1. The summed E-state index contributed by atoms with van der Waals surface area (Å²) >= 11 is 0. The van der Waals surface area contributed by atoms with Gasteiger partial charge in [-0.25, -0.2) is 8.42 Å². The van der Waals surface area contributed by atoms with Crippen LogP contribution in [0.15, 0.2) is 29.2 Å². The van der Waals surface area contributed by atoms with Crippen molar-refractivity contribution < 1.29 is 13.2 Å². The maximum Gasteiger partial charge on any atom is 0.251 e. The minimum absolute atomic E-state index is 0. The Balaban J connectivity index is 0.00000364. The second-order valence-corrected chi connectivity index (χ2v) is 9.61. The number of hydrogen-bond donors (Lipinski definition) is 2. The Morgan fingerprint density at radius 3 is 2.59 bits per heavy atom. The number of benzene rings is 1. The second-order valence-electron chi connectivity index (χ2n) is 7.72. The fraction of sp³-hybridized carbons (Fsp3) is 0.632. The van der Waals surface area contributed by atoms with Crippen molar-refractivity contribution in [3.8, 4) is 0 Å². The number of carbonyl (C=O) groups is 1. The third kappa shape index (κ3) is 5.22. The number of sulfonamides is 1. The maximum atomic E-state index is 13.0. The van der Waals surface area contributed by atoms with Gasteiger partial charge in [-0.1, -0.05) is 26.3 Å². The Morgan fingerprint density at radius 1 is 1.37 bits per heavy atom. The zero-order valence-corrected chi connectivity index (χ0v) is 18.2. The number of carbonyl (C=O) groups excluding carboxylic acids is 1. The van der Waals surface area contributed by atoms with E-state index in [1.807, 2.05) is 27.7 Å². The Bertz CT molecular complexity index is 754. The van der Waals surface area contributed by atoms with Crippen molar-refractivity contribution in [1.82, 2.24) is 9.62 Å². The van der Waals surface area contributed by atoms with Gasteiger partial charge in [0.1, 0.15) is 0 Å². The van der Waals surface area contributed by atoms with Gasteiger partial charge < -0.3 is 11.1 Å². The lowest BCUT2D eigenvalue weighted by Crippen LogP contribution is -2.55. The molecule has 2 unspecified atom stereocenters. The summed E-state index contributed by atoms with van der Waals surface area (Å²) in [5.41, 5.74) is 5.61. The third-order valence-corrected chi connectivity index (χ3v) is 7.55. The molecular formula is C19H32ClN3O3S. The number of rotatable bonds is 6. The zero-order chi connectivity index (χ0) is 19.5. The lowest BCUT2D eigenvalue weighted by Gasteiger charge is -2.34. The van der Waals surface area contributed by atoms with Crippen LogP contribution in [0, 0.1) is 5.92 Å². The van der Waals surface area contributed by atoms with Crippen LogP contribution in [0.4, 0.5) is 0 Å². The van der Waals surface area contributed by atoms with E-state index in [-0.39, 0.29) is 35.2 Å². The average molecular weight is 418 g/mol. The first-order valence-corrected chi connectivity index (χ1v) is 10.7. The van der Waals surface area contributed by atoms with Gasteiger partial charge in [-0.05, 0) is 50.8 Å². The van der Waals surface area contributed by atoms with Crippen LogP contribution in [-0.4, -0.2) is 43.3 Å². The van der Waals surface area contributed by atoms with Crippen molar-refractivity contribution in [3.63, 3.8) is 0 Å². The Morgan fingerprint density at radius 2 is 2.04 bits per heavy atom. The summed E-state index contributed by atoms with van der Waals surface area (Å²) in [6.45, 7) is 8.64. The first-order chi connectivity index (χ1) is 12.1. The molecule has 1 aliphatic heterocycles. The molecule has 1 saturated heterocycles. The molecule has 0 spiro atoms. The van der Waals surface area contributed by atoms with Crippen molar-refractivity contribution in [1.29, 1.82) is 0 Å². The highest BCUT2D eigenvalue weighted by Crippen LogP contribution is 2.26. The predicted molar refractivity (Wildman–Crippen MR) is 111 cm³/mol. The Kier molecular flexibility index (Phi) is 8.29. The molecule has 27 heavy (non-hydrogen) atoms. The normalized spacial score (nSPS) is 20.6. The summed E-state index contributed by atoms with van der Waals surface area (Å²) in [5, 5.41) is 2.95. The van der Waals surface area contributed by atoms with E-state index in [1.54, 1.807) is 22.5 Å². The predicted octanol–water partition coefficient (Wildman–Crippen LogP) is 2.77. The van der Waals surface area contributed by atoms with Gasteiger partial charge in [-0.2, -0.15) is 4.31 Å². The summed E-state index contributed by atoms with van der Waals surface area (Å²) in [6, 6.07) is 6.24. The van der Waals surface area contributed by atoms with Gasteiger partial charge in [-0.15, -0.1) is 12.4 Å². The number of nitrogens with zero attached hydrogens (tertiary/aromatic N) is 1. The Labute approximate surface area is 169 Å². The number of piperidine rings is 1. The molecule has 6 nitrogen and oxygen atoms in total. The Hall–Kier alpha value is -1.15. The van der Waals surface area contributed by atoms with E-state index in [0.717, 1.165) is 19.3 Å². The molecule has 1 aromatic rings. The van der Waals surface area contributed by atoms with Crippen LogP contribution in [0.5, 0.6) is 0 Å². The zero-order valence-electron chi connectivity index (χ0n) is 16.6. The number of nitrogens with one attached hydrogen (secondary N) is 1. The molecule has 1 aromatic carbocycles. The molecule has 154 valence electrons. The van der Waals surface area contributed by atoms with Crippen LogP contribution >= 0.6 is 12.4 Å². The van der Waals surface area contributed by atoms with Crippen molar-refractivity contribution in [2.24, 2.45) is 11.7 Å². The molecule has 1 amide bonds. The van der Waals surface area contributed by atoms with Crippen molar-refractivity contribution >= 4 is 28.3 Å². The average Bonchev–Trinajstić information content (AvgIpc) is 2.61. The summed E-state index contributed by atoms with van der Waals surface area (Å²) in [5.74, 6) is -0.159. The van der Waals surface area contributed by atoms with E-state index in [9.17, 15) is 13.2 Å². The van der Waals surface area contributed by atoms with E-state index in [2.05, 4.69) is 5.32 Å². The minimum Gasteiger partial charge on any atom is -0.345 e. The first-order valence-electron chi connectivity index (χ1n) is 9.26. The quantitative estimate of drug-likeness (QED) is 0.744. The van der Waals surface area contributed by atoms with Gasteiger partial charge >= 0.3 is 0 Å². The largest absolute Gasteiger partial charge is 0.345 e. The number of amides is 1. The molecule has 1 aliphatic rings. The monoisotopic (exact) mass is 417 g/mol. The van der Waals surface area contributed by atoms with Crippen LogP contribution in [0.3, 0.4) is 0 Å². The maximum absolute atomic E-state index is 13.0. The fourth-order valence-corrected chi connectivity index (χ4v) is 4.87. The molecule has 0 aromatic heterocycles. The highest BCUT2D eigenvalue weighted by molar-refractivity contribution is 7.89. The molecule has 8 heteroatoms. The molecule has 1 fully saturated rings. The fourth-order valence-electron chi connectivity index (χ4n) is 3.12. The smallest absolute Gasteiger partial charge is 0.251 e. The van der Waals surface area contributed by atoms with Gasteiger partial charge in [-0.3, -0.25) is 4.79 Å². The van der Waals surface area contributed by atoms with E-state index in [0.29, 0.717) is 18.7 Å². The SMILES string of the molecule is CC1CCCCN1S(=O)(=O)c1cccc(C(=O)NC(C)(CN)C(C)C)c1.Cl. The second kappa shape index (κ2) is 9.37. The summed E-state index contributed by atoms with van der Waals surface area (Å²) < 4.78 is 27.5. The molecule has 0 radical (unpaired) electrons. The van der Waals surface area contributed by atoms with Crippen molar-refractivity contribution in [2.75, 3.05) is 13.1 Å². The number of nitrogens with two attached hydrogens (primary N) is 1. The molecule has 2 rings (SSSR count). The van der Waals surface area contributed by atoms with Crippen molar-refractivity contribution in [2.45, 2.75) is 63.4 Å². The summed E-state index contributed by atoms with van der Waals surface area (Å²) in [6.07, 6.45) is 2.78. The highest BCUT2D eigenvalue weighted by Gasteiger charge is 2.32. The third-order valence-electron chi connectivity index (χ3n) is 5.54. The molecular weight excluding hydrogens is 386 g/mol. The standard InChI is InChI=1S/C19H31N3O3S.ClH/c1-14(2)19(4,13-20)21-18(23)16-9-7-10-17(12-16)26(24,25)22-11-6-5-8-15(22)3;/h7,9-10,12,14-15H,5-6,8,11,13,20H2,1-4H3,(H,21,23);1H. The summed E-state index contributed by atoms with van der Waals surface area (Å²) in [7, 11) is -3.60. The van der Waals surface area contributed by atoms with E-state index in [4.69, 9.17) is 5.73 Å². The topological polar surface area (TPSA) is 92.5 Å². The van der Waals surface area contributed by atoms with Crippen LogP contribution in [0.1, 0.15) is 57.3 Å². The molecule has 1 heterocycles. The molecule has 2 atom stereocenters. The van der Waals surface area contributed by atoms with Gasteiger partial charge in [0.25, 0.3) is 5.91 Å². The van der Waals surface area contributed by atoms with E-state index in [1.165, 1.54) is 6.07 Å². The summed E-state index contributed by atoms with van der Waals surface area (Å²) in [4.78, 5) is 12.8. The molecule has 0 aliphatic carbocycles. The van der Waals surface area contributed by atoms with Crippen LogP contribution in [0.2, 0.25) is 0 Å². The van der Waals surface area contributed by atoms with Gasteiger partial charge in [0.2, 0.25) is 10.0 Å². The molecule has 0 saturated carbocycles. The van der Waals surface area contributed by atoms with E-state index >= 15 is 0 Å². The highest BCUT2D eigenvalue weighted by atomic mass is 35.5. The van der Waals surface area contributed by atoms with Crippen molar-refractivity contribution in [3.05, 3.63) is 29.8 Å². The first kappa shape index (κ1) is 23.9. The van der Waals surface area contributed by atoms with Crippen LogP contribution < -0.4 is 11.1 Å². The lowest BCUT2D eigenvalue weighted by atomic mass is 9.88. The number of hydrogen-bond acceptors (Lipinski definition) is 4. The minimum atomic E-state index is -3.60. The van der Waals surface area contributed by atoms with Gasteiger partial charge in [0.05, 0.1) is 10.4 Å². The molecule has 0 bridgehead atoms. The van der Waals surface area contributed by atoms with Crippen LogP contribution in [0.25, 0.3) is 0 Å². The molecule has 3 N–H and O–H groups in total. The van der Waals surface area contributed by atoms with Crippen LogP contribution in [-0.2, 0) is 10.0 Å². The van der Waals surface area contributed by atoms with Gasteiger partial charge in [0.15, 0.2) is 0 Å². The lowest BCUT2D eigenvalue weighted by molar-refractivity contribution is 0.0883. The van der Waals surface area contributed by atoms with E-state index < -0.39 is 15.6 Å². The van der Waals surface area contributed by atoms with Gasteiger partial charge in [0, 0.05) is 24.7 Å².